The molecule has 0 saturated carbocycles. The van der Waals surface area contributed by atoms with Gasteiger partial charge in [-0.3, -0.25) is 0 Å². The van der Waals surface area contributed by atoms with Crippen molar-refractivity contribution in [1.82, 2.24) is 4.98 Å². The highest BCUT2D eigenvalue weighted by atomic mass is 16.3. The maximum absolute atomic E-state index is 8.85. The van der Waals surface area contributed by atoms with Gasteiger partial charge >= 0.3 is 0 Å². The first-order valence-corrected chi connectivity index (χ1v) is 5.87. The van der Waals surface area contributed by atoms with Gasteiger partial charge in [-0.05, 0) is 26.3 Å². The lowest BCUT2D eigenvalue weighted by atomic mass is 10.3. The summed E-state index contributed by atoms with van der Waals surface area (Å²) < 4.78 is 0. The number of hydrogen-bond acceptors (Lipinski definition) is 4. The van der Waals surface area contributed by atoms with Crippen LogP contribution < -0.4 is 10.2 Å². The molecule has 0 unspecified atom stereocenters. The molecule has 0 amide bonds. The van der Waals surface area contributed by atoms with Crippen molar-refractivity contribution in [2.45, 2.75) is 20.3 Å². The van der Waals surface area contributed by atoms with Gasteiger partial charge in [0.05, 0.1) is 0 Å². The molecule has 4 heteroatoms. The molecule has 0 bridgehead atoms. The van der Waals surface area contributed by atoms with Gasteiger partial charge in [-0.2, -0.15) is 0 Å². The van der Waals surface area contributed by atoms with E-state index in [1.807, 2.05) is 18.3 Å². The fourth-order valence-electron chi connectivity index (χ4n) is 1.63. The molecule has 4 nitrogen and oxygen atoms in total. The number of hydrogen-bond donors (Lipinski definition) is 2. The molecule has 2 N–H and O–H groups in total. The quantitative estimate of drug-likeness (QED) is 0.739. The summed E-state index contributed by atoms with van der Waals surface area (Å²) in [5.74, 6) is 0.905. The van der Waals surface area contributed by atoms with E-state index in [9.17, 15) is 0 Å². The van der Waals surface area contributed by atoms with Gasteiger partial charge in [0.15, 0.2) is 0 Å². The minimum absolute atomic E-state index is 0.238. The van der Waals surface area contributed by atoms with Gasteiger partial charge in [-0.1, -0.05) is 0 Å². The molecule has 0 aromatic carbocycles. The van der Waals surface area contributed by atoms with Crippen molar-refractivity contribution in [2.75, 3.05) is 36.5 Å². The minimum atomic E-state index is 0.238. The Kier molecular flexibility index (Phi) is 5.64. The van der Waals surface area contributed by atoms with E-state index in [2.05, 4.69) is 29.0 Å². The Labute approximate surface area is 97.3 Å². The minimum Gasteiger partial charge on any atom is -0.396 e. The molecule has 1 aromatic heterocycles. The Morgan fingerprint density at radius 2 is 2.25 bits per heavy atom. The standard InChI is InChI=1S/C12H21N3O/c1-3-13-12-10-11(6-7-14-12)15(4-2)8-5-9-16/h6-7,10,16H,3-5,8-9H2,1-2H3,(H,13,14). The largest absolute Gasteiger partial charge is 0.396 e. The van der Waals surface area contributed by atoms with Crippen molar-refractivity contribution in [1.29, 1.82) is 0 Å². The van der Waals surface area contributed by atoms with Crippen LogP contribution in [0, 0.1) is 0 Å². The number of nitrogens with zero attached hydrogens (tertiary/aromatic N) is 2. The Balaban J connectivity index is 2.71. The summed E-state index contributed by atoms with van der Waals surface area (Å²) in [5.41, 5.74) is 1.15. The van der Waals surface area contributed by atoms with Crippen molar-refractivity contribution < 1.29 is 5.11 Å². The molecule has 0 fully saturated rings. The molecule has 90 valence electrons. The highest BCUT2D eigenvalue weighted by Crippen LogP contribution is 2.17. The van der Waals surface area contributed by atoms with E-state index in [0.717, 1.165) is 37.6 Å². The molecule has 16 heavy (non-hydrogen) atoms. The van der Waals surface area contributed by atoms with Crippen LogP contribution in [0.5, 0.6) is 0 Å². The van der Waals surface area contributed by atoms with Gasteiger partial charge in [-0.15, -0.1) is 0 Å². The molecular weight excluding hydrogens is 202 g/mol. The average Bonchev–Trinajstić information content (AvgIpc) is 2.31. The van der Waals surface area contributed by atoms with Gasteiger partial charge in [0.25, 0.3) is 0 Å². The molecule has 0 atom stereocenters. The number of aliphatic hydroxyl groups is 1. The number of nitrogens with one attached hydrogen (secondary N) is 1. The van der Waals surface area contributed by atoms with E-state index in [-0.39, 0.29) is 6.61 Å². The predicted molar refractivity (Wildman–Crippen MR) is 68.0 cm³/mol. The van der Waals surface area contributed by atoms with E-state index < -0.39 is 0 Å². The zero-order valence-electron chi connectivity index (χ0n) is 10.1. The monoisotopic (exact) mass is 223 g/mol. The maximum Gasteiger partial charge on any atom is 0.127 e. The van der Waals surface area contributed by atoms with Crippen LogP contribution in [0.1, 0.15) is 20.3 Å². The van der Waals surface area contributed by atoms with Crippen LogP contribution in [-0.4, -0.2) is 36.3 Å². The average molecular weight is 223 g/mol. The van der Waals surface area contributed by atoms with Gasteiger partial charge < -0.3 is 15.3 Å². The van der Waals surface area contributed by atoms with Crippen molar-refractivity contribution in [3.05, 3.63) is 18.3 Å². The first kappa shape index (κ1) is 12.8. The molecule has 1 heterocycles. The summed E-state index contributed by atoms with van der Waals surface area (Å²) in [7, 11) is 0. The lowest BCUT2D eigenvalue weighted by Gasteiger charge is -2.23. The van der Waals surface area contributed by atoms with Crippen LogP contribution >= 0.6 is 0 Å². The molecule has 0 radical (unpaired) electrons. The van der Waals surface area contributed by atoms with E-state index in [1.165, 1.54) is 0 Å². The summed E-state index contributed by atoms with van der Waals surface area (Å²) in [4.78, 5) is 6.47. The zero-order valence-corrected chi connectivity index (χ0v) is 10.1. The molecule has 0 spiro atoms. The van der Waals surface area contributed by atoms with Crippen LogP contribution in [0.15, 0.2) is 18.3 Å². The lowest BCUT2D eigenvalue weighted by Crippen LogP contribution is -2.24. The van der Waals surface area contributed by atoms with Crippen LogP contribution in [-0.2, 0) is 0 Å². The smallest absolute Gasteiger partial charge is 0.127 e. The first-order chi connectivity index (χ1) is 7.81. The second kappa shape index (κ2) is 7.06. The number of pyridine rings is 1. The topological polar surface area (TPSA) is 48.4 Å². The Bertz CT molecular complexity index is 304. The van der Waals surface area contributed by atoms with E-state index in [4.69, 9.17) is 5.11 Å². The molecule has 1 aromatic rings. The summed E-state index contributed by atoms with van der Waals surface area (Å²) in [6.07, 6.45) is 2.61. The Morgan fingerprint density at radius 3 is 2.88 bits per heavy atom. The van der Waals surface area contributed by atoms with Gasteiger partial charge in [-0.25, -0.2) is 4.98 Å². The Morgan fingerprint density at radius 1 is 1.44 bits per heavy atom. The molecule has 0 aliphatic heterocycles. The second-order valence-electron chi connectivity index (χ2n) is 3.59. The molecule has 1 rings (SSSR count). The Hall–Kier alpha value is -1.29. The van der Waals surface area contributed by atoms with Crippen molar-refractivity contribution in [3.8, 4) is 0 Å². The van der Waals surface area contributed by atoms with E-state index in [1.54, 1.807) is 0 Å². The van der Waals surface area contributed by atoms with Crippen molar-refractivity contribution in [3.63, 3.8) is 0 Å². The second-order valence-corrected chi connectivity index (χ2v) is 3.59. The van der Waals surface area contributed by atoms with Crippen LogP contribution in [0.2, 0.25) is 0 Å². The summed E-state index contributed by atoms with van der Waals surface area (Å²) in [6.45, 7) is 7.10. The molecule has 0 aliphatic rings. The molecule has 0 aliphatic carbocycles. The molecular formula is C12H21N3O. The lowest BCUT2D eigenvalue weighted by molar-refractivity contribution is 0.289. The van der Waals surface area contributed by atoms with Gasteiger partial charge in [0, 0.05) is 44.2 Å². The highest BCUT2D eigenvalue weighted by Gasteiger charge is 2.04. The normalized spacial score (nSPS) is 10.2. The predicted octanol–water partition coefficient (Wildman–Crippen LogP) is 1.72. The highest BCUT2D eigenvalue weighted by molar-refractivity contribution is 5.53. The van der Waals surface area contributed by atoms with Crippen LogP contribution in [0.4, 0.5) is 11.5 Å². The third-order valence-electron chi connectivity index (χ3n) is 2.43. The third-order valence-corrected chi connectivity index (χ3v) is 2.43. The van der Waals surface area contributed by atoms with Gasteiger partial charge in [0.1, 0.15) is 5.82 Å². The summed E-state index contributed by atoms with van der Waals surface area (Å²) >= 11 is 0. The van der Waals surface area contributed by atoms with E-state index in [0.29, 0.717) is 0 Å². The van der Waals surface area contributed by atoms with Crippen LogP contribution in [0.25, 0.3) is 0 Å². The van der Waals surface area contributed by atoms with Gasteiger partial charge in [0.2, 0.25) is 0 Å². The SMILES string of the molecule is CCNc1cc(N(CC)CCCO)ccn1. The fraction of sp³-hybridized carbons (Fsp3) is 0.583. The summed E-state index contributed by atoms with van der Waals surface area (Å²) in [6, 6.07) is 4.05. The number of rotatable bonds is 7. The fourth-order valence-corrected chi connectivity index (χ4v) is 1.63. The molecule has 0 saturated heterocycles. The van der Waals surface area contributed by atoms with Crippen molar-refractivity contribution in [2.24, 2.45) is 0 Å². The zero-order chi connectivity index (χ0) is 11.8. The summed E-state index contributed by atoms with van der Waals surface area (Å²) in [5, 5.41) is 12.0. The first-order valence-electron chi connectivity index (χ1n) is 5.87. The maximum atomic E-state index is 8.85. The number of aromatic nitrogens is 1. The van der Waals surface area contributed by atoms with Crippen LogP contribution in [0.3, 0.4) is 0 Å². The number of anilines is 2. The number of aliphatic hydroxyl groups excluding tert-OH is 1. The third kappa shape index (κ3) is 3.70. The van der Waals surface area contributed by atoms with E-state index >= 15 is 0 Å². The van der Waals surface area contributed by atoms with Crippen molar-refractivity contribution >= 4 is 11.5 Å².